The number of methoxy groups -OCH3 is 1. The van der Waals surface area contributed by atoms with Crippen molar-refractivity contribution in [2.45, 2.75) is 5.54 Å². The number of ether oxygens (including phenoxy) is 1. The molecule has 1 aromatic heterocycles. The Hall–Kier alpha value is -3.71. The second kappa shape index (κ2) is 6.92. The Morgan fingerprint density at radius 2 is 1.84 bits per heavy atom. The number of hydrogen-bond donors (Lipinski definition) is 0. The van der Waals surface area contributed by atoms with E-state index in [9.17, 15) is 14.4 Å². The van der Waals surface area contributed by atoms with E-state index in [0.29, 0.717) is 22.2 Å². The van der Waals surface area contributed by atoms with Crippen LogP contribution in [-0.4, -0.2) is 43.5 Å². The highest BCUT2D eigenvalue weighted by Crippen LogP contribution is 2.52. The Morgan fingerprint density at radius 1 is 1.10 bits per heavy atom. The molecule has 31 heavy (non-hydrogen) atoms. The Labute approximate surface area is 178 Å². The van der Waals surface area contributed by atoms with E-state index >= 15 is 0 Å². The summed E-state index contributed by atoms with van der Waals surface area (Å²) in [5, 5.41) is 0.328. The topological polar surface area (TPSA) is 80.1 Å². The van der Waals surface area contributed by atoms with Crippen LogP contribution in [0.25, 0.3) is 11.0 Å². The van der Waals surface area contributed by atoms with Gasteiger partial charge in [0.2, 0.25) is 5.76 Å². The highest BCUT2D eigenvalue weighted by atomic mass is 16.5. The first-order valence-electron chi connectivity index (χ1n) is 9.97. The summed E-state index contributed by atoms with van der Waals surface area (Å²) in [6, 6.07) is 14.0. The van der Waals surface area contributed by atoms with E-state index in [1.807, 2.05) is 12.1 Å². The molecule has 0 N–H and O–H groups in total. The van der Waals surface area contributed by atoms with Crippen molar-refractivity contribution in [2.24, 2.45) is 0 Å². The lowest BCUT2D eigenvalue weighted by atomic mass is 9.84. The van der Waals surface area contributed by atoms with Crippen LogP contribution in [0.4, 0.5) is 5.69 Å². The summed E-state index contributed by atoms with van der Waals surface area (Å²) in [7, 11) is 1.52. The first-order chi connectivity index (χ1) is 15.1. The third kappa shape index (κ3) is 2.35. The zero-order chi connectivity index (χ0) is 21.8. The Kier molecular flexibility index (Phi) is 4.30. The van der Waals surface area contributed by atoms with Crippen LogP contribution in [0, 0.1) is 0 Å². The van der Waals surface area contributed by atoms with Gasteiger partial charge in [-0.2, -0.15) is 0 Å². The van der Waals surface area contributed by atoms with Crippen molar-refractivity contribution in [2.75, 3.05) is 31.7 Å². The molecule has 3 heterocycles. The van der Waals surface area contributed by atoms with Gasteiger partial charge < -0.3 is 19.0 Å². The highest BCUT2D eigenvalue weighted by molar-refractivity contribution is 6.17. The van der Waals surface area contributed by atoms with Crippen LogP contribution >= 0.6 is 0 Å². The van der Waals surface area contributed by atoms with E-state index in [0.717, 1.165) is 0 Å². The van der Waals surface area contributed by atoms with Crippen molar-refractivity contribution < 1.29 is 18.7 Å². The van der Waals surface area contributed by atoms with Gasteiger partial charge in [-0.1, -0.05) is 36.4 Å². The molecule has 0 radical (unpaired) electrons. The number of carbonyl (C=O) groups is 2. The third-order valence-electron chi connectivity index (χ3n) is 5.97. The summed E-state index contributed by atoms with van der Waals surface area (Å²) in [5.74, 6) is -0.971. The van der Waals surface area contributed by atoms with E-state index in [-0.39, 0.29) is 42.4 Å². The van der Waals surface area contributed by atoms with Crippen molar-refractivity contribution >= 4 is 28.5 Å². The van der Waals surface area contributed by atoms with Crippen LogP contribution in [0.1, 0.15) is 21.7 Å². The van der Waals surface area contributed by atoms with Gasteiger partial charge >= 0.3 is 0 Å². The molecule has 0 unspecified atom stereocenters. The molecule has 1 spiro atoms. The van der Waals surface area contributed by atoms with E-state index in [4.69, 9.17) is 9.15 Å². The smallest absolute Gasteiger partial charge is 0.291 e. The molecule has 0 saturated heterocycles. The lowest BCUT2D eigenvalue weighted by Crippen LogP contribution is -2.54. The lowest BCUT2D eigenvalue weighted by molar-refractivity contribution is -0.126. The molecule has 0 fully saturated rings. The maximum absolute atomic E-state index is 14.0. The van der Waals surface area contributed by atoms with Gasteiger partial charge in [0.25, 0.3) is 11.8 Å². The van der Waals surface area contributed by atoms with Gasteiger partial charge in [0.05, 0.1) is 23.2 Å². The lowest BCUT2D eigenvalue weighted by Gasteiger charge is -2.34. The van der Waals surface area contributed by atoms with E-state index in [1.165, 1.54) is 12.0 Å². The predicted molar refractivity (Wildman–Crippen MR) is 115 cm³/mol. The van der Waals surface area contributed by atoms with Gasteiger partial charge in [-0.3, -0.25) is 14.4 Å². The van der Waals surface area contributed by atoms with Crippen molar-refractivity contribution in [3.63, 3.8) is 0 Å². The second-order valence-corrected chi connectivity index (χ2v) is 7.51. The number of benzene rings is 2. The van der Waals surface area contributed by atoms with Crippen molar-refractivity contribution in [3.05, 3.63) is 88.3 Å². The van der Waals surface area contributed by atoms with Crippen LogP contribution in [0.15, 0.2) is 70.4 Å². The first-order valence-corrected chi connectivity index (χ1v) is 9.97. The summed E-state index contributed by atoms with van der Waals surface area (Å²) in [4.78, 5) is 44.2. The molecular weight excluding hydrogens is 396 g/mol. The number of nitrogens with zero attached hydrogens (tertiary/aromatic N) is 2. The Balaban J connectivity index is 1.91. The maximum atomic E-state index is 14.0. The number of fused-ring (bicyclic) bond motifs is 5. The molecule has 2 aromatic carbocycles. The fraction of sp³-hybridized carbons (Fsp3) is 0.208. The first kappa shape index (κ1) is 19.3. The van der Waals surface area contributed by atoms with Gasteiger partial charge in [-0.05, 0) is 18.2 Å². The summed E-state index contributed by atoms with van der Waals surface area (Å²) in [6.45, 7) is 4.33. The number of amides is 2. The molecule has 0 aliphatic carbocycles. The number of anilines is 1. The van der Waals surface area contributed by atoms with Gasteiger partial charge in [0, 0.05) is 25.8 Å². The van der Waals surface area contributed by atoms with Gasteiger partial charge in [0.1, 0.15) is 5.58 Å². The van der Waals surface area contributed by atoms with Gasteiger partial charge in [-0.25, -0.2) is 0 Å². The van der Waals surface area contributed by atoms with Crippen LogP contribution in [0.3, 0.4) is 0 Å². The average Bonchev–Trinajstić information content (AvgIpc) is 3.18. The normalized spacial score (nSPS) is 19.4. The number of carbonyl (C=O) groups excluding carboxylic acids is 2. The molecule has 156 valence electrons. The van der Waals surface area contributed by atoms with E-state index in [2.05, 4.69) is 6.58 Å². The summed E-state index contributed by atoms with van der Waals surface area (Å²) < 4.78 is 11.1. The number of hydrogen-bond acceptors (Lipinski definition) is 5. The molecule has 7 heteroatoms. The van der Waals surface area contributed by atoms with E-state index in [1.54, 1.807) is 47.4 Å². The van der Waals surface area contributed by atoms with Crippen molar-refractivity contribution in [3.8, 4) is 0 Å². The van der Waals surface area contributed by atoms with Crippen LogP contribution < -0.4 is 10.3 Å². The zero-order valence-electron chi connectivity index (χ0n) is 17.0. The van der Waals surface area contributed by atoms with Gasteiger partial charge in [-0.15, -0.1) is 6.58 Å². The largest absolute Gasteiger partial charge is 0.450 e. The standard InChI is InChI=1S/C24H20N2O5/c1-3-12-25-17-10-6-5-9-16(17)24(23(25)29)19-20(27)15-8-4-7-11-18(15)31-21(19)22(28)26(24)13-14-30-2/h3-11H,1,12-14H2,2H3/t24-/m1/s1. The molecule has 2 aliphatic heterocycles. The molecule has 5 rings (SSSR count). The maximum Gasteiger partial charge on any atom is 0.291 e. The Bertz CT molecular complexity index is 1310. The number of rotatable bonds is 5. The third-order valence-corrected chi connectivity index (χ3v) is 5.97. The molecule has 1 atom stereocenters. The molecule has 2 aliphatic rings. The minimum Gasteiger partial charge on any atom is -0.450 e. The molecular formula is C24H20N2O5. The molecule has 2 amide bonds. The monoisotopic (exact) mass is 416 g/mol. The minimum absolute atomic E-state index is 0.0660. The molecule has 7 nitrogen and oxygen atoms in total. The molecule has 3 aromatic rings. The summed E-state index contributed by atoms with van der Waals surface area (Å²) >= 11 is 0. The SMILES string of the molecule is C=CCN1C(=O)[C@@]2(c3ccccc31)c1c(oc3ccccc3c1=O)C(=O)N2CCOC. The second-order valence-electron chi connectivity index (χ2n) is 7.51. The minimum atomic E-state index is -1.60. The molecule has 0 bridgehead atoms. The van der Waals surface area contributed by atoms with Crippen LogP contribution in [0.5, 0.6) is 0 Å². The van der Waals surface area contributed by atoms with Crippen molar-refractivity contribution in [1.29, 1.82) is 0 Å². The van der Waals surface area contributed by atoms with E-state index < -0.39 is 11.4 Å². The van der Waals surface area contributed by atoms with Gasteiger partial charge in [0.15, 0.2) is 11.0 Å². The van der Waals surface area contributed by atoms with Crippen LogP contribution in [0.2, 0.25) is 0 Å². The van der Waals surface area contributed by atoms with Crippen molar-refractivity contribution in [1.82, 2.24) is 4.90 Å². The van der Waals surface area contributed by atoms with Crippen LogP contribution in [-0.2, 0) is 15.1 Å². The Morgan fingerprint density at radius 3 is 2.61 bits per heavy atom. The fourth-order valence-corrected chi connectivity index (χ4v) is 4.73. The average molecular weight is 416 g/mol. The summed E-state index contributed by atoms with van der Waals surface area (Å²) in [5.41, 5.74) is -0.388. The molecule has 0 saturated carbocycles. The quantitative estimate of drug-likeness (QED) is 0.598. The summed E-state index contributed by atoms with van der Waals surface area (Å²) in [6.07, 6.45) is 1.62. The highest BCUT2D eigenvalue weighted by Gasteiger charge is 2.64. The number of para-hydroxylation sites is 2. The fourth-order valence-electron chi connectivity index (χ4n) is 4.73. The predicted octanol–water partition coefficient (Wildman–Crippen LogP) is 2.67. The zero-order valence-corrected chi connectivity index (χ0v) is 17.0.